The summed E-state index contributed by atoms with van der Waals surface area (Å²) >= 11 is 0. The molecule has 1 amide bonds. The van der Waals surface area contributed by atoms with Crippen LogP contribution in [-0.4, -0.2) is 27.9 Å². The first-order chi connectivity index (χ1) is 19.9. The first-order valence-electron chi connectivity index (χ1n) is 13.7. The quantitative estimate of drug-likeness (QED) is 0.207. The number of hydrogen-bond acceptors (Lipinski definition) is 5. The topological polar surface area (TPSA) is 90.5 Å². The fourth-order valence-electron chi connectivity index (χ4n) is 4.97. The van der Waals surface area contributed by atoms with Gasteiger partial charge in [0.05, 0.1) is 16.2 Å². The third-order valence-electron chi connectivity index (χ3n) is 7.46. The summed E-state index contributed by atoms with van der Waals surface area (Å²) in [6.07, 6.45) is 2.10. The predicted molar refractivity (Wildman–Crippen MR) is 165 cm³/mol. The van der Waals surface area contributed by atoms with E-state index in [2.05, 4.69) is 39.4 Å². The second-order valence-electron chi connectivity index (χ2n) is 10.6. The summed E-state index contributed by atoms with van der Waals surface area (Å²) in [4.78, 5) is 15.7. The minimum Gasteiger partial charge on any atom is -0.370 e. The van der Waals surface area contributed by atoms with Gasteiger partial charge in [-0.1, -0.05) is 60.7 Å². The summed E-state index contributed by atoms with van der Waals surface area (Å²) < 4.78 is 28.8. The zero-order valence-electron chi connectivity index (χ0n) is 22.8. The van der Waals surface area contributed by atoms with Gasteiger partial charge >= 0.3 is 0 Å². The molecular formula is C33H32N4O3S. The highest BCUT2D eigenvalue weighted by atomic mass is 32.2. The van der Waals surface area contributed by atoms with Crippen LogP contribution in [0, 0.1) is 5.92 Å². The van der Waals surface area contributed by atoms with Crippen molar-refractivity contribution >= 4 is 44.3 Å². The van der Waals surface area contributed by atoms with Crippen LogP contribution in [0.4, 0.5) is 17.1 Å². The van der Waals surface area contributed by atoms with Gasteiger partial charge in [-0.2, -0.15) is 0 Å². The number of carbonyl (C=O) groups is 1. The number of sulfonamides is 1. The van der Waals surface area contributed by atoms with E-state index in [-0.39, 0.29) is 10.8 Å². The molecule has 1 heterocycles. The van der Waals surface area contributed by atoms with Crippen LogP contribution in [0.2, 0.25) is 0 Å². The monoisotopic (exact) mass is 564 g/mol. The summed E-state index contributed by atoms with van der Waals surface area (Å²) in [6, 6.07) is 32.7. The predicted octanol–water partition coefficient (Wildman–Crippen LogP) is 5.94. The molecule has 1 fully saturated rings. The van der Waals surface area contributed by atoms with Crippen LogP contribution in [0.5, 0.6) is 0 Å². The van der Waals surface area contributed by atoms with Gasteiger partial charge in [0.1, 0.15) is 0 Å². The van der Waals surface area contributed by atoms with Crippen molar-refractivity contribution in [1.29, 1.82) is 0 Å². The Morgan fingerprint density at radius 3 is 2.27 bits per heavy atom. The molecule has 41 heavy (non-hydrogen) atoms. The average Bonchev–Trinajstić information content (AvgIpc) is 3.77. The number of benzene rings is 4. The third-order valence-corrected chi connectivity index (χ3v) is 8.88. The second kappa shape index (κ2) is 11.2. The van der Waals surface area contributed by atoms with E-state index in [1.807, 2.05) is 72.8 Å². The fraction of sp³-hybridized carbons (Fsp3) is 0.182. The maximum absolute atomic E-state index is 13.4. The van der Waals surface area contributed by atoms with Crippen LogP contribution in [-0.2, 0) is 21.4 Å². The highest BCUT2D eigenvalue weighted by Gasteiger charge is 2.31. The number of anilines is 3. The Morgan fingerprint density at radius 2 is 1.59 bits per heavy atom. The van der Waals surface area contributed by atoms with Gasteiger partial charge < -0.3 is 15.5 Å². The highest BCUT2D eigenvalue weighted by molar-refractivity contribution is 7.89. The molecule has 0 bridgehead atoms. The number of hydrogen-bond donors (Lipinski definition) is 3. The van der Waals surface area contributed by atoms with Gasteiger partial charge in [-0.25, -0.2) is 13.1 Å². The van der Waals surface area contributed by atoms with E-state index in [1.165, 1.54) is 11.6 Å². The van der Waals surface area contributed by atoms with Crippen LogP contribution in [0.25, 0.3) is 11.3 Å². The Hall–Kier alpha value is -4.40. The SMILES string of the molecule is CN(Cc1ccccc1)c1ccc(N/C(=C2\C(=O)Nc3ccc(S(=O)(=O)NCC4CC4)cc32)c2ccccc2)cc1. The highest BCUT2D eigenvalue weighted by Crippen LogP contribution is 2.39. The lowest BCUT2D eigenvalue weighted by molar-refractivity contribution is -0.110. The number of amides is 1. The molecular weight excluding hydrogens is 532 g/mol. The molecule has 0 radical (unpaired) electrons. The first-order valence-corrected chi connectivity index (χ1v) is 15.2. The van der Waals surface area contributed by atoms with Crippen LogP contribution in [0.3, 0.4) is 0 Å². The molecule has 0 aromatic heterocycles. The van der Waals surface area contributed by atoms with Gasteiger partial charge in [0.2, 0.25) is 10.0 Å². The molecule has 1 aliphatic carbocycles. The third kappa shape index (κ3) is 6.04. The average molecular weight is 565 g/mol. The van der Waals surface area contributed by atoms with Gasteiger partial charge in [0.25, 0.3) is 5.91 Å². The number of nitrogens with zero attached hydrogens (tertiary/aromatic N) is 1. The minimum absolute atomic E-state index is 0.143. The first kappa shape index (κ1) is 26.8. The number of rotatable bonds is 10. The molecule has 0 unspecified atom stereocenters. The van der Waals surface area contributed by atoms with Crippen LogP contribution >= 0.6 is 0 Å². The molecule has 1 saturated carbocycles. The van der Waals surface area contributed by atoms with E-state index in [0.29, 0.717) is 35.0 Å². The summed E-state index contributed by atoms with van der Waals surface area (Å²) in [5, 5.41) is 6.38. The molecule has 4 aromatic rings. The summed E-state index contributed by atoms with van der Waals surface area (Å²) in [7, 11) is -1.65. The van der Waals surface area contributed by atoms with Crippen molar-refractivity contribution in [1.82, 2.24) is 4.72 Å². The van der Waals surface area contributed by atoms with Crippen molar-refractivity contribution in [2.24, 2.45) is 5.92 Å². The zero-order valence-corrected chi connectivity index (χ0v) is 23.6. The minimum atomic E-state index is -3.70. The Kier molecular flexibility index (Phi) is 7.34. The van der Waals surface area contributed by atoms with Crippen molar-refractivity contribution < 1.29 is 13.2 Å². The van der Waals surface area contributed by atoms with Gasteiger partial charge in [0, 0.05) is 42.8 Å². The second-order valence-corrected chi connectivity index (χ2v) is 12.4. The van der Waals surface area contributed by atoms with E-state index in [9.17, 15) is 13.2 Å². The van der Waals surface area contributed by atoms with E-state index in [4.69, 9.17) is 0 Å². The lowest BCUT2D eigenvalue weighted by atomic mass is 10.00. The molecule has 208 valence electrons. The normalized spacial score (nSPS) is 15.7. The van der Waals surface area contributed by atoms with Gasteiger partial charge in [0.15, 0.2) is 0 Å². The fourth-order valence-corrected chi connectivity index (χ4v) is 6.11. The molecule has 0 atom stereocenters. The van der Waals surface area contributed by atoms with E-state index >= 15 is 0 Å². The van der Waals surface area contributed by atoms with Crippen molar-refractivity contribution in [3.05, 3.63) is 120 Å². The van der Waals surface area contributed by atoms with Crippen molar-refractivity contribution in [2.45, 2.75) is 24.3 Å². The molecule has 0 saturated heterocycles. The molecule has 7 nitrogen and oxygen atoms in total. The van der Waals surface area contributed by atoms with E-state index in [1.54, 1.807) is 12.1 Å². The van der Waals surface area contributed by atoms with Crippen LogP contribution in [0.1, 0.15) is 29.5 Å². The summed E-state index contributed by atoms with van der Waals surface area (Å²) in [5.74, 6) is 0.127. The van der Waals surface area contributed by atoms with E-state index in [0.717, 1.165) is 36.3 Å². The van der Waals surface area contributed by atoms with Crippen molar-refractivity contribution in [3.63, 3.8) is 0 Å². The van der Waals surface area contributed by atoms with E-state index < -0.39 is 10.0 Å². The van der Waals surface area contributed by atoms with Gasteiger partial charge in [-0.15, -0.1) is 0 Å². The van der Waals surface area contributed by atoms with Gasteiger partial charge in [-0.05, 0) is 72.4 Å². The Bertz CT molecular complexity index is 1700. The number of carbonyl (C=O) groups excluding carboxylic acids is 1. The Balaban J connectivity index is 1.33. The zero-order chi connectivity index (χ0) is 28.4. The molecule has 6 rings (SSSR count). The molecule has 1 aliphatic heterocycles. The molecule has 0 spiro atoms. The lowest BCUT2D eigenvalue weighted by Gasteiger charge is -2.20. The number of nitrogens with one attached hydrogen (secondary N) is 3. The maximum atomic E-state index is 13.4. The van der Waals surface area contributed by atoms with Crippen molar-refractivity contribution in [2.75, 3.05) is 29.1 Å². The smallest absolute Gasteiger partial charge is 0.258 e. The summed E-state index contributed by atoms with van der Waals surface area (Å²) in [6.45, 7) is 1.22. The molecule has 4 aromatic carbocycles. The van der Waals surface area contributed by atoms with Crippen LogP contribution < -0.4 is 20.3 Å². The Morgan fingerprint density at radius 1 is 0.902 bits per heavy atom. The molecule has 2 aliphatic rings. The largest absolute Gasteiger partial charge is 0.370 e. The van der Waals surface area contributed by atoms with Crippen molar-refractivity contribution in [3.8, 4) is 0 Å². The maximum Gasteiger partial charge on any atom is 0.258 e. The molecule has 8 heteroatoms. The molecule has 3 N–H and O–H groups in total. The number of fused-ring (bicyclic) bond motifs is 1. The summed E-state index contributed by atoms with van der Waals surface area (Å²) in [5.41, 5.74) is 6.05. The Labute approximate surface area is 241 Å². The lowest BCUT2D eigenvalue weighted by Crippen LogP contribution is -2.25. The van der Waals surface area contributed by atoms with Crippen LogP contribution in [0.15, 0.2) is 108 Å². The van der Waals surface area contributed by atoms with Gasteiger partial charge in [-0.3, -0.25) is 4.79 Å². The standard InChI is InChI=1S/C33H32N4O3S/c1-37(22-24-8-4-2-5-9-24)27-16-14-26(15-17-27)35-32(25-10-6-3-7-11-25)31-29-20-28(18-19-30(29)36-33(31)38)41(39,40)34-21-23-12-13-23/h2-11,14-20,23,34-35H,12-13,21-22H2,1H3,(H,36,38)/b32-31-.